The Bertz CT molecular complexity index is 763. The predicted octanol–water partition coefficient (Wildman–Crippen LogP) is 3.46. The van der Waals surface area contributed by atoms with Gasteiger partial charge in [0.1, 0.15) is 5.82 Å². The highest BCUT2D eigenvalue weighted by atomic mass is 35.5. The third-order valence-electron chi connectivity index (χ3n) is 5.93. The number of hydrogen-bond acceptors (Lipinski definition) is 3. The second kappa shape index (κ2) is 8.59. The molecule has 1 amide bonds. The van der Waals surface area contributed by atoms with Crippen molar-refractivity contribution in [3.05, 3.63) is 30.1 Å². The zero-order valence-electron chi connectivity index (χ0n) is 15.1. The van der Waals surface area contributed by atoms with Crippen molar-refractivity contribution in [1.29, 1.82) is 0 Å². The summed E-state index contributed by atoms with van der Waals surface area (Å²) in [6.45, 7) is 1.47. The van der Waals surface area contributed by atoms with E-state index in [1.807, 2.05) is 18.2 Å². The highest BCUT2D eigenvalue weighted by Gasteiger charge is 2.40. The van der Waals surface area contributed by atoms with Crippen molar-refractivity contribution in [1.82, 2.24) is 14.5 Å². The molecule has 26 heavy (non-hydrogen) atoms. The third kappa shape index (κ3) is 3.45. The van der Waals surface area contributed by atoms with Crippen LogP contribution in [0.2, 0.25) is 0 Å². The average Bonchev–Trinajstić information content (AvgIpc) is 3.32. The predicted molar refractivity (Wildman–Crippen MR) is 109 cm³/mol. The molecule has 1 saturated carbocycles. The Kier molecular flexibility index (Phi) is 6.94. The third-order valence-corrected chi connectivity index (χ3v) is 5.93. The largest absolute Gasteiger partial charge is 0.332 e. The van der Waals surface area contributed by atoms with Crippen LogP contribution >= 0.6 is 24.8 Å². The van der Waals surface area contributed by atoms with E-state index in [1.54, 1.807) is 0 Å². The van der Waals surface area contributed by atoms with Gasteiger partial charge in [0.05, 0.1) is 17.1 Å². The van der Waals surface area contributed by atoms with Crippen molar-refractivity contribution in [3.8, 4) is 0 Å². The highest BCUT2D eigenvalue weighted by molar-refractivity contribution is 5.85. The average molecular weight is 399 g/mol. The second-order valence-electron chi connectivity index (χ2n) is 7.24. The number of rotatable bonds is 3. The summed E-state index contributed by atoms with van der Waals surface area (Å²) in [6.07, 6.45) is 5.27. The quantitative estimate of drug-likeness (QED) is 0.860. The second-order valence-corrected chi connectivity index (χ2v) is 7.24. The summed E-state index contributed by atoms with van der Waals surface area (Å²) in [4.78, 5) is 20.1. The molecule has 5 nitrogen and oxygen atoms in total. The van der Waals surface area contributed by atoms with Gasteiger partial charge in [-0.05, 0) is 50.3 Å². The molecule has 2 N–H and O–H groups in total. The van der Waals surface area contributed by atoms with E-state index < -0.39 is 0 Å². The molecule has 1 aromatic carbocycles. The molecule has 1 aromatic heterocycles. The first-order valence-electron chi connectivity index (χ1n) is 9.12. The van der Waals surface area contributed by atoms with Crippen molar-refractivity contribution in [2.75, 3.05) is 13.1 Å². The highest BCUT2D eigenvalue weighted by Crippen LogP contribution is 2.38. The zero-order valence-corrected chi connectivity index (χ0v) is 16.8. The Labute approximate surface area is 167 Å². The van der Waals surface area contributed by atoms with Gasteiger partial charge in [0.25, 0.3) is 0 Å². The molecule has 3 atom stereocenters. The van der Waals surface area contributed by atoms with E-state index in [2.05, 4.69) is 22.6 Å². The molecule has 2 heterocycles. The smallest absolute Gasteiger partial charge is 0.226 e. The number of halogens is 2. The van der Waals surface area contributed by atoms with E-state index >= 15 is 0 Å². The van der Waals surface area contributed by atoms with Gasteiger partial charge >= 0.3 is 0 Å². The lowest BCUT2D eigenvalue weighted by atomic mass is 9.94. The number of para-hydroxylation sites is 2. The summed E-state index contributed by atoms with van der Waals surface area (Å²) < 4.78 is 2.15. The van der Waals surface area contributed by atoms with Gasteiger partial charge in [0, 0.05) is 19.5 Å². The number of aromatic nitrogens is 2. The first-order chi connectivity index (χ1) is 11.7. The van der Waals surface area contributed by atoms with Crippen molar-refractivity contribution in [3.63, 3.8) is 0 Å². The van der Waals surface area contributed by atoms with Crippen LogP contribution in [0.4, 0.5) is 0 Å². The van der Waals surface area contributed by atoms with Crippen LogP contribution < -0.4 is 5.73 Å². The van der Waals surface area contributed by atoms with Crippen molar-refractivity contribution in [2.24, 2.45) is 24.6 Å². The number of amides is 1. The normalized spacial score (nSPS) is 25.2. The molecular formula is C19H28Cl2N4O. The van der Waals surface area contributed by atoms with Gasteiger partial charge in [-0.3, -0.25) is 4.79 Å². The Hall–Kier alpha value is -1.30. The van der Waals surface area contributed by atoms with Gasteiger partial charge in [0.2, 0.25) is 5.91 Å². The number of carbonyl (C=O) groups is 1. The molecule has 2 aromatic rings. The summed E-state index contributed by atoms with van der Waals surface area (Å²) in [7, 11) is 2.06. The summed E-state index contributed by atoms with van der Waals surface area (Å²) in [5.74, 6) is 1.80. The lowest BCUT2D eigenvalue weighted by Gasteiger charge is -2.29. The Balaban J connectivity index is 0.00000121. The molecule has 4 rings (SSSR count). The van der Waals surface area contributed by atoms with Crippen molar-refractivity contribution in [2.45, 2.75) is 38.1 Å². The van der Waals surface area contributed by atoms with E-state index in [-0.39, 0.29) is 36.8 Å². The maximum absolute atomic E-state index is 13.2. The lowest BCUT2D eigenvalue weighted by molar-refractivity contribution is -0.137. The van der Waals surface area contributed by atoms with E-state index in [0.29, 0.717) is 18.4 Å². The minimum atomic E-state index is 0. The first-order valence-corrected chi connectivity index (χ1v) is 9.12. The number of nitrogens with zero attached hydrogens (tertiary/aromatic N) is 3. The van der Waals surface area contributed by atoms with Crippen LogP contribution in [-0.2, 0) is 11.8 Å². The van der Waals surface area contributed by atoms with Crippen molar-refractivity contribution >= 4 is 41.8 Å². The minimum Gasteiger partial charge on any atom is -0.332 e. The molecule has 0 bridgehead atoms. The molecule has 144 valence electrons. The van der Waals surface area contributed by atoms with E-state index in [0.717, 1.165) is 55.5 Å². The summed E-state index contributed by atoms with van der Waals surface area (Å²) in [5.41, 5.74) is 8.04. The fourth-order valence-electron chi connectivity index (χ4n) is 4.62. The summed E-state index contributed by atoms with van der Waals surface area (Å²) in [6, 6.07) is 8.29. The number of aryl methyl sites for hydroxylation is 1. The number of likely N-dealkylation sites (tertiary alicyclic amines) is 1. The Morgan fingerprint density at radius 3 is 2.69 bits per heavy atom. The SMILES string of the molecule is Cl.Cl.Cn1c(C2CCCN2C(=O)[C@@H]2CCC[C@@H]2CN)nc2ccccc21. The Morgan fingerprint density at radius 1 is 1.19 bits per heavy atom. The molecule has 7 heteroatoms. The maximum Gasteiger partial charge on any atom is 0.226 e. The topological polar surface area (TPSA) is 64.2 Å². The van der Waals surface area contributed by atoms with Crippen LogP contribution in [0.1, 0.15) is 44.0 Å². The molecule has 2 fully saturated rings. The first kappa shape index (κ1) is 21.0. The fourth-order valence-corrected chi connectivity index (χ4v) is 4.62. The van der Waals surface area contributed by atoms with Gasteiger partial charge in [-0.15, -0.1) is 24.8 Å². The van der Waals surface area contributed by atoms with Crippen LogP contribution in [0.15, 0.2) is 24.3 Å². The molecule has 0 radical (unpaired) electrons. The standard InChI is InChI=1S/C19H26N4O.2ClH/c1-22-16-9-3-2-8-15(16)21-18(22)17-10-5-11-23(17)19(24)14-7-4-6-13(14)12-20;;/h2-3,8-9,13-14,17H,4-7,10-12,20H2,1H3;2*1H/t13-,14-,17?;;/m1../s1. The molecule has 1 unspecified atom stereocenters. The monoisotopic (exact) mass is 398 g/mol. The number of fused-ring (bicyclic) bond motifs is 1. The molecule has 0 spiro atoms. The maximum atomic E-state index is 13.2. The van der Waals surface area contributed by atoms with Gasteiger partial charge in [0.15, 0.2) is 0 Å². The number of hydrogen-bond donors (Lipinski definition) is 1. The number of carbonyl (C=O) groups excluding carboxylic acids is 1. The molecule has 1 aliphatic heterocycles. The van der Waals surface area contributed by atoms with Crippen LogP contribution in [0, 0.1) is 11.8 Å². The number of nitrogens with two attached hydrogens (primary N) is 1. The van der Waals surface area contributed by atoms with Gasteiger partial charge < -0.3 is 15.2 Å². The summed E-state index contributed by atoms with van der Waals surface area (Å²) in [5, 5.41) is 0. The van der Waals surface area contributed by atoms with E-state index in [9.17, 15) is 4.79 Å². The van der Waals surface area contributed by atoms with Crippen molar-refractivity contribution < 1.29 is 4.79 Å². The fraction of sp³-hybridized carbons (Fsp3) is 0.579. The minimum absolute atomic E-state index is 0. The van der Waals surface area contributed by atoms with Gasteiger partial charge in [-0.25, -0.2) is 4.98 Å². The van der Waals surface area contributed by atoms with Crippen LogP contribution in [0.5, 0.6) is 0 Å². The van der Waals surface area contributed by atoms with E-state index in [4.69, 9.17) is 10.7 Å². The lowest BCUT2D eigenvalue weighted by Crippen LogP contribution is -2.39. The number of imidazole rings is 1. The van der Waals surface area contributed by atoms with Crippen LogP contribution in [0.25, 0.3) is 11.0 Å². The summed E-state index contributed by atoms with van der Waals surface area (Å²) >= 11 is 0. The van der Waals surface area contributed by atoms with Crippen LogP contribution in [-0.4, -0.2) is 33.4 Å². The molecule has 1 aliphatic carbocycles. The van der Waals surface area contributed by atoms with E-state index in [1.165, 1.54) is 0 Å². The Morgan fingerprint density at radius 2 is 1.96 bits per heavy atom. The van der Waals surface area contributed by atoms with Crippen LogP contribution in [0.3, 0.4) is 0 Å². The molecule has 2 aliphatic rings. The van der Waals surface area contributed by atoms with Gasteiger partial charge in [-0.1, -0.05) is 18.6 Å². The zero-order chi connectivity index (χ0) is 16.7. The molecular weight excluding hydrogens is 371 g/mol. The number of benzene rings is 1. The van der Waals surface area contributed by atoms with Gasteiger partial charge in [-0.2, -0.15) is 0 Å². The molecule has 1 saturated heterocycles.